The van der Waals surface area contributed by atoms with Gasteiger partial charge in [0.25, 0.3) is 0 Å². The van der Waals surface area contributed by atoms with Crippen molar-refractivity contribution in [1.82, 2.24) is 10.2 Å². The summed E-state index contributed by atoms with van der Waals surface area (Å²) in [5.74, 6) is 0.636. The van der Waals surface area contributed by atoms with Crippen LogP contribution in [0.1, 0.15) is 46.0 Å². The number of rotatable bonds is 8. The van der Waals surface area contributed by atoms with Crippen LogP contribution in [0.4, 0.5) is 0 Å². The van der Waals surface area contributed by atoms with Gasteiger partial charge in [-0.05, 0) is 58.7 Å². The van der Waals surface area contributed by atoms with Gasteiger partial charge in [0, 0.05) is 6.54 Å². The molecule has 0 radical (unpaired) electrons. The Morgan fingerprint density at radius 1 is 1.56 bits per heavy atom. The predicted molar refractivity (Wildman–Crippen MR) is 75.3 cm³/mol. The lowest BCUT2D eigenvalue weighted by molar-refractivity contribution is -0.123. The molecule has 0 aromatic rings. The Labute approximate surface area is 111 Å². The van der Waals surface area contributed by atoms with E-state index in [-0.39, 0.29) is 5.91 Å². The second-order valence-corrected chi connectivity index (χ2v) is 5.79. The van der Waals surface area contributed by atoms with E-state index in [2.05, 4.69) is 17.1 Å². The predicted octanol–water partition coefficient (Wildman–Crippen LogP) is 1.35. The molecular weight excluding hydrogens is 226 g/mol. The monoisotopic (exact) mass is 255 g/mol. The van der Waals surface area contributed by atoms with Crippen LogP contribution in [0.5, 0.6) is 0 Å². The normalized spacial score (nSPS) is 24.1. The Balaban J connectivity index is 2.24. The van der Waals surface area contributed by atoms with Crippen molar-refractivity contribution in [2.24, 2.45) is 11.7 Å². The maximum Gasteiger partial charge on any atom is 0.237 e. The van der Waals surface area contributed by atoms with Crippen LogP contribution in [0.25, 0.3) is 0 Å². The fourth-order valence-electron chi connectivity index (χ4n) is 2.79. The molecule has 1 fully saturated rings. The number of likely N-dealkylation sites (tertiary alicyclic amines) is 1. The van der Waals surface area contributed by atoms with Crippen molar-refractivity contribution < 1.29 is 4.79 Å². The lowest BCUT2D eigenvalue weighted by Gasteiger charge is -2.26. The van der Waals surface area contributed by atoms with Crippen molar-refractivity contribution in [2.75, 3.05) is 26.7 Å². The number of hydrogen-bond acceptors (Lipinski definition) is 3. The van der Waals surface area contributed by atoms with Gasteiger partial charge in [-0.15, -0.1) is 0 Å². The molecule has 1 amide bonds. The van der Waals surface area contributed by atoms with E-state index in [0.29, 0.717) is 0 Å². The van der Waals surface area contributed by atoms with Crippen molar-refractivity contribution in [2.45, 2.75) is 51.5 Å². The minimum absolute atomic E-state index is 0.254. The molecular formula is C14H29N3O. The summed E-state index contributed by atoms with van der Waals surface area (Å²) in [5.41, 5.74) is 4.87. The number of primary amides is 1. The van der Waals surface area contributed by atoms with Gasteiger partial charge in [0.1, 0.15) is 0 Å². The van der Waals surface area contributed by atoms with Crippen LogP contribution in [-0.4, -0.2) is 43.0 Å². The Morgan fingerprint density at radius 3 is 2.83 bits per heavy atom. The fraction of sp³-hybridized carbons (Fsp3) is 0.929. The molecule has 1 aliphatic rings. The first kappa shape index (κ1) is 15.4. The molecule has 1 saturated heterocycles. The highest BCUT2D eigenvalue weighted by Gasteiger charge is 2.29. The van der Waals surface area contributed by atoms with Crippen LogP contribution in [0.15, 0.2) is 0 Å². The Hall–Kier alpha value is -0.610. The van der Waals surface area contributed by atoms with E-state index >= 15 is 0 Å². The minimum atomic E-state index is -0.553. The van der Waals surface area contributed by atoms with Gasteiger partial charge in [-0.25, -0.2) is 0 Å². The molecule has 2 unspecified atom stereocenters. The van der Waals surface area contributed by atoms with Crippen LogP contribution in [-0.2, 0) is 4.79 Å². The third kappa shape index (κ3) is 4.25. The molecule has 0 aromatic carbocycles. The zero-order chi connectivity index (χ0) is 13.6. The van der Waals surface area contributed by atoms with E-state index in [1.165, 1.54) is 32.4 Å². The van der Waals surface area contributed by atoms with E-state index in [1.807, 2.05) is 6.92 Å². The number of carbonyl (C=O) groups is 1. The molecule has 1 aliphatic heterocycles. The van der Waals surface area contributed by atoms with Crippen LogP contribution in [0, 0.1) is 5.92 Å². The first-order chi connectivity index (χ1) is 8.51. The highest BCUT2D eigenvalue weighted by Crippen LogP contribution is 2.21. The Morgan fingerprint density at radius 2 is 2.28 bits per heavy atom. The molecule has 2 atom stereocenters. The molecule has 0 spiro atoms. The fourth-order valence-corrected chi connectivity index (χ4v) is 2.79. The number of amides is 1. The average Bonchev–Trinajstić information content (AvgIpc) is 2.77. The Kier molecular flexibility index (Phi) is 6.09. The van der Waals surface area contributed by atoms with Gasteiger partial charge in [0.2, 0.25) is 5.91 Å². The maximum absolute atomic E-state index is 11.4. The summed E-state index contributed by atoms with van der Waals surface area (Å²) in [5, 5.41) is 3.04. The van der Waals surface area contributed by atoms with E-state index in [1.54, 1.807) is 7.05 Å². The van der Waals surface area contributed by atoms with Gasteiger partial charge < -0.3 is 16.0 Å². The van der Waals surface area contributed by atoms with Gasteiger partial charge in [-0.1, -0.05) is 13.3 Å². The van der Waals surface area contributed by atoms with E-state index in [4.69, 9.17) is 5.73 Å². The minimum Gasteiger partial charge on any atom is -0.368 e. The van der Waals surface area contributed by atoms with Gasteiger partial charge in [0.15, 0.2) is 0 Å². The van der Waals surface area contributed by atoms with Crippen molar-refractivity contribution in [3.63, 3.8) is 0 Å². The Bertz CT molecular complexity index is 270. The lowest BCUT2D eigenvalue weighted by atomic mass is 9.95. The van der Waals surface area contributed by atoms with Crippen LogP contribution < -0.4 is 11.1 Å². The second kappa shape index (κ2) is 7.10. The van der Waals surface area contributed by atoms with Crippen molar-refractivity contribution in [1.29, 1.82) is 0 Å². The quantitative estimate of drug-likeness (QED) is 0.688. The molecule has 18 heavy (non-hydrogen) atoms. The van der Waals surface area contributed by atoms with Crippen molar-refractivity contribution >= 4 is 5.91 Å². The second-order valence-electron chi connectivity index (χ2n) is 5.79. The van der Waals surface area contributed by atoms with Gasteiger partial charge in [-0.3, -0.25) is 4.79 Å². The summed E-state index contributed by atoms with van der Waals surface area (Å²) in [6.45, 7) is 7.69. The number of nitrogens with one attached hydrogen (secondary N) is 1. The molecule has 0 aliphatic carbocycles. The molecule has 0 aromatic heterocycles. The number of carbonyl (C=O) groups excluding carboxylic acids is 1. The van der Waals surface area contributed by atoms with Gasteiger partial charge in [-0.2, -0.15) is 0 Å². The first-order valence-electron chi connectivity index (χ1n) is 7.23. The standard InChI is InChI=1S/C14H29N3O/c1-4-6-12-7-10-17(11-12)9-5-8-14(2,16-3)13(15)18/h12,16H,4-11H2,1-3H3,(H2,15,18). The van der Waals surface area contributed by atoms with Crippen molar-refractivity contribution in [3.05, 3.63) is 0 Å². The van der Waals surface area contributed by atoms with Gasteiger partial charge in [0.05, 0.1) is 5.54 Å². The summed E-state index contributed by atoms with van der Waals surface area (Å²) < 4.78 is 0. The maximum atomic E-state index is 11.4. The molecule has 4 heteroatoms. The first-order valence-corrected chi connectivity index (χ1v) is 7.23. The molecule has 0 bridgehead atoms. The highest BCUT2D eigenvalue weighted by atomic mass is 16.1. The van der Waals surface area contributed by atoms with Gasteiger partial charge >= 0.3 is 0 Å². The summed E-state index contributed by atoms with van der Waals surface area (Å²) in [6, 6.07) is 0. The molecule has 1 heterocycles. The summed E-state index contributed by atoms with van der Waals surface area (Å²) in [6.07, 6.45) is 5.82. The summed E-state index contributed by atoms with van der Waals surface area (Å²) >= 11 is 0. The summed E-state index contributed by atoms with van der Waals surface area (Å²) in [4.78, 5) is 13.9. The number of nitrogens with two attached hydrogens (primary N) is 1. The largest absolute Gasteiger partial charge is 0.368 e. The molecule has 0 saturated carbocycles. The third-order valence-electron chi connectivity index (χ3n) is 4.31. The lowest BCUT2D eigenvalue weighted by Crippen LogP contribution is -2.51. The van der Waals surface area contributed by atoms with E-state index < -0.39 is 5.54 Å². The van der Waals surface area contributed by atoms with E-state index in [0.717, 1.165) is 25.3 Å². The number of hydrogen-bond donors (Lipinski definition) is 2. The zero-order valence-corrected chi connectivity index (χ0v) is 12.2. The molecule has 3 N–H and O–H groups in total. The van der Waals surface area contributed by atoms with Crippen LogP contribution in [0.3, 0.4) is 0 Å². The molecule has 1 rings (SSSR count). The average molecular weight is 255 g/mol. The van der Waals surface area contributed by atoms with Crippen molar-refractivity contribution in [3.8, 4) is 0 Å². The van der Waals surface area contributed by atoms with Crippen LogP contribution in [0.2, 0.25) is 0 Å². The molecule has 4 nitrogen and oxygen atoms in total. The summed E-state index contributed by atoms with van der Waals surface area (Å²) in [7, 11) is 1.80. The smallest absolute Gasteiger partial charge is 0.237 e. The SMILES string of the molecule is CCCC1CCN(CCCC(C)(NC)C(N)=O)C1. The van der Waals surface area contributed by atoms with E-state index in [9.17, 15) is 4.79 Å². The number of nitrogens with zero attached hydrogens (tertiary/aromatic N) is 1. The molecule has 106 valence electrons. The highest BCUT2D eigenvalue weighted by molar-refractivity contribution is 5.84. The number of likely N-dealkylation sites (N-methyl/N-ethyl adjacent to an activating group) is 1. The van der Waals surface area contributed by atoms with Crippen LogP contribution >= 0.6 is 0 Å². The zero-order valence-electron chi connectivity index (χ0n) is 12.2. The third-order valence-corrected chi connectivity index (χ3v) is 4.31. The topological polar surface area (TPSA) is 58.4 Å².